The van der Waals surface area contributed by atoms with Gasteiger partial charge in [-0.25, -0.2) is 4.39 Å². The maximum atomic E-state index is 13.4. The average Bonchev–Trinajstić information content (AvgIpc) is 3.07. The molecular weight excluding hydrogens is 397 g/mol. The molecule has 31 heavy (non-hydrogen) atoms. The first kappa shape index (κ1) is 20.8. The Morgan fingerprint density at radius 3 is 2.03 bits per heavy atom. The van der Waals surface area contributed by atoms with Gasteiger partial charge in [-0.05, 0) is 39.9 Å². The highest BCUT2D eigenvalue weighted by Crippen LogP contribution is 2.44. The lowest BCUT2D eigenvalue weighted by Gasteiger charge is -2.23. The Kier molecular flexibility index (Phi) is 5.82. The van der Waals surface area contributed by atoms with Crippen LogP contribution in [0.4, 0.5) is 4.39 Å². The lowest BCUT2D eigenvalue weighted by molar-refractivity contribution is -0.146. The van der Waals surface area contributed by atoms with Crippen molar-refractivity contribution in [3.8, 4) is 11.1 Å². The number of carboxylic acid groups (broad SMARTS) is 1. The third kappa shape index (κ3) is 4.20. The summed E-state index contributed by atoms with van der Waals surface area (Å²) < 4.78 is 19.0. The number of fused-ring (bicyclic) bond motifs is 3. The van der Waals surface area contributed by atoms with E-state index < -0.39 is 36.1 Å². The molecule has 0 aromatic heterocycles. The maximum absolute atomic E-state index is 13.4. The van der Waals surface area contributed by atoms with Crippen LogP contribution in [0.15, 0.2) is 72.8 Å². The van der Waals surface area contributed by atoms with Crippen LogP contribution in [0.1, 0.15) is 34.9 Å². The van der Waals surface area contributed by atoms with Crippen molar-refractivity contribution in [3.05, 3.63) is 95.3 Å². The van der Waals surface area contributed by atoms with E-state index in [0.717, 1.165) is 22.3 Å². The molecule has 1 unspecified atom stereocenters. The predicted molar refractivity (Wildman–Crippen MR) is 114 cm³/mol. The smallest absolute Gasteiger partial charge is 0.315 e. The van der Waals surface area contributed by atoms with E-state index in [1.807, 2.05) is 48.5 Å². The van der Waals surface area contributed by atoms with Crippen molar-refractivity contribution in [2.45, 2.75) is 24.3 Å². The Morgan fingerprint density at radius 1 is 0.935 bits per heavy atom. The van der Waals surface area contributed by atoms with E-state index in [1.165, 1.54) is 24.3 Å². The van der Waals surface area contributed by atoms with E-state index in [4.69, 9.17) is 15.6 Å². The number of nitrogens with two attached hydrogens (primary N) is 1. The second-order valence-corrected chi connectivity index (χ2v) is 7.65. The quantitative estimate of drug-likeness (QED) is 0.564. The van der Waals surface area contributed by atoms with Gasteiger partial charge in [0.15, 0.2) is 0 Å². The minimum atomic E-state index is -1.12. The first-order valence-electron chi connectivity index (χ1n) is 10.0. The highest BCUT2D eigenvalue weighted by atomic mass is 19.1. The fraction of sp³-hybridized carbons (Fsp3) is 0.200. The van der Waals surface area contributed by atoms with E-state index in [0.29, 0.717) is 5.56 Å². The number of rotatable bonds is 7. The zero-order valence-corrected chi connectivity index (χ0v) is 16.7. The summed E-state index contributed by atoms with van der Waals surface area (Å²) in [6.45, 7) is 0.102. The molecule has 4 rings (SSSR count). The van der Waals surface area contributed by atoms with Crippen LogP contribution in [0.3, 0.4) is 0 Å². The Balaban J connectivity index is 1.58. The van der Waals surface area contributed by atoms with Gasteiger partial charge in [0.25, 0.3) is 0 Å². The summed E-state index contributed by atoms with van der Waals surface area (Å²) in [6.07, 6.45) is -0.410. The first-order chi connectivity index (χ1) is 15.0. The van der Waals surface area contributed by atoms with Gasteiger partial charge >= 0.3 is 11.9 Å². The molecular formula is C25H22FNO4. The number of esters is 1. The summed E-state index contributed by atoms with van der Waals surface area (Å²) in [6, 6.07) is 20.2. The molecule has 0 fully saturated rings. The molecule has 0 amide bonds. The first-order valence-corrected chi connectivity index (χ1v) is 10.0. The Morgan fingerprint density at radius 2 is 1.48 bits per heavy atom. The van der Waals surface area contributed by atoms with Gasteiger partial charge in [-0.15, -0.1) is 0 Å². The normalized spacial score (nSPS) is 14.4. The second kappa shape index (κ2) is 8.70. The van der Waals surface area contributed by atoms with Crippen LogP contribution in [0.25, 0.3) is 11.1 Å². The van der Waals surface area contributed by atoms with Crippen molar-refractivity contribution in [1.82, 2.24) is 0 Å². The number of carbonyl (C=O) groups excluding carboxylic acids is 1. The minimum absolute atomic E-state index is 0.102. The van der Waals surface area contributed by atoms with E-state index in [1.54, 1.807) is 0 Å². The van der Waals surface area contributed by atoms with Crippen molar-refractivity contribution in [2.75, 3.05) is 6.61 Å². The molecule has 5 nitrogen and oxygen atoms in total. The van der Waals surface area contributed by atoms with Crippen LogP contribution in [0, 0.1) is 5.82 Å². The molecule has 0 saturated heterocycles. The van der Waals surface area contributed by atoms with Gasteiger partial charge in [0.1, 0.15) is 12.4 Å². The van der Waals surface area contributed by atoms with Gasteiger partial charge in [-0.3, -0.25) is 9.59 Å². The summed E-state index contributed by atoms with van der Waals surface area (Å²) in [5.74, 6) is -3.33. The van der Waals surface area contributed by atoms with Crippen molar-refractivity contribution >= 4 is 11.9 Å². The minimum Gasteiger partial charge on any atom is -0.481 e. The third-order valence-electron chi connectivity index (χ3n) is 5.68. The number of carbonyl (C=O) groups is 2. The molecule has 3 aromatic carbocycles. The molecule has 0 bridgehead atoms. The largest absolute Gasteiger partial charge is 0.481 e. The van der Waals surface area contributed by atoms with Crippen LogP contribution in [-0.4, -0.2) is 29.7 Å². The number of hydrogen-bond acceptors (Lipinski definition) is 4. The summed E-state index contributed by atoms with van der Waals surface area (Å²) in [4.78, 5) is 24.2. The Hall–Kier alpha value is -3.51. The Bertz CT molecular complexity index is 1070. The molecule has 0 radical (unpaired) electrons. The van der Waals surface area contributed by atoms with Crippen LogP contribution in [-0.2, 0) is 14.3 Å². The zero-order valence-electron chi connectivity index (χ0n) is 16.7. The van der Waals surface area contributed by atoms with Crippen molar-refractivity contribution in [1.29, 1.82) is 0 Å². The average molecular weight is 419 g/mol. The predicted octanol–water partition coefficient (Wildman–Crippen LogP) is 4.07. The molecule has 0 heterocycles. The van der Waals surface area contributed by atoms with Crippen LogP contribution in [0.2, 0.25) is 0 Å². The van der Waals surface area contributed by atoms with Gasteiger partial charge in [0.05, 0.1) is 12.3 Å². The lowest BCUT2D eigenvalue weighted by Crippen LogP contribution is -2.37. The van der Waals surface area contributed by atoms with Crippen LogP contribution in [0.5, 0.6) is 0 Å². The molecule has 1 aliphatic carbocycles. The van der Waals surface area contributed by atoms with E-state index in [2.05, 4.69) is 0 Å². The van der Waals surface area contributed by atoms with Crippen molar-refractivity contribution in [3.63, 3.8) is 0 Å². The Labute approximate surface area is 179 Å². The van der Waals surface area contributed by atoms with Crippen LogP contribution >= 0.6 is 0 Å². The van der Waals surface area contributed by atoms with Crippen molar-refractivity contribution < 1.29 is 23.8 Å². The highest BCUT2D eigenvalue weighted by Gasteiger charge is 2.33. The second-order valence-electron chi connectivity index (χ2n) is 7.65. The summed E-state index contributed by atoms with van der Waals surface area (Å²) in [7, 11) is 0. The molecule has 6 heteroatoms. The highest BCUT2D eigenvalue weighted by molar-refractivity contribution is 5.82. The number of hydrogen-bond donors (Lipinski definition) is 2. The third-order valence-corrected chi connectivity index (χ3v) is 5.68. The van der Waals surface area contributed by atoms with E-state index >= 15 is 0 Å². The number of halogens is 1. The maximum Gasteiger partial charge on any atom is 0.315 e. The van der Waals surface area contributed by atoms with E-state index in [-0.39, 0.29) is 12.5 Å². The molecule has 2 atom stereocenters. The zero-order chi connectivity index (χ0) is 22.0. The molecule has 0 aliphatic heterocycles. The SMILES string of the molecule is N[C@@H](CC(=O)O)C(C(=O)OCC1c2ccccc2-c2ccccc21)c1ccc(F)cc1. The molecule has 0 saturated carbocycles. The van der Waals surface area contributed by atoms with Crippen LogP contribution < -0.4 is 5.73 Å². The van der Waals surface area contributed by atoms with Gasteiger partial charge in [0.2, 0.25) is 0 Å². The van der Waals surface area contributed by atoms with Gasteiger partial charge in [-0.1, -0.05) is 60.7 Å². The monoisotopic (exact) mass is 419 g/mol. The molecule has 3 aromatic rings. The lowest BCUT2D eigenvalue weighted by atomic mass is 9.90. The van der Waals surface area contributed by atoms with E-state index in [9.17, 15) is 14.0 Å². The summed E-state index contributed by atoms with van der Waals surface area (Å²) in [5.41, 5.74) is 10.8. The fourth-order valence-electron chi connectivity index (χ4n) is 4.24. The fourth-order valence-corrected chi connectivity index (χ4v) is 4.24. The van der Waals surface area contributed by atoms with Gasteiger partial charge in [0, 0.05) is 12.0 Å². The summed E-state index contributed by atoms with van der Waals surface area (Å²) >= 11 is 0. The number of carboxylic acids is 1. The van der Waals surface area contributed by atoms with Gasteiger partial charge in [-0.2, -0.15) is 0 Å². The number of benzene rings is 3. The molecule has 1 aliphatic rings. The molecule has 158 valence electrons. The number of aliphatic carboxylic acids is 1. The van der Waals surface area contributed by atoms with Crippen molar-refractivity contribution in [2.24, 2.45) is 5.73 Å². The standard InChI is InChI=1S/C25H22FNO4/c26-16-11-9-15(10-12-16)24(22(27)13-23(28)29)25(30)31-14-21-19-7-3-1-5-17(19)18-6-2-4-8-20(18)21/h1-12,21-22,24H,13-14,27H2,(H,28,29)/t22-,24?/m0/s1. The molecule has 0 spiro atoms. The summed E-state index contributed by atoms with van der Waals surface area (Å²) in [5, 5.41) is 9.13. The topological polar surface area (TPSA) is 89.6 Å². The molecule has 3 N–H and O–H groups in total. The van der Waals surface area contributed by atoms with Gasteiger partial charge < -0.3 is 15.6 Å². The number of ether oxygens (including phenoxy) is 1.